The predicted octanol–water partition coefficient (Wildman–Crippen LogP) is 4.00. The molecule has 2 aromatic heterocycles. The second-order valence-corrected chi connectivity index (χ2v) is 14.9. The molecule has 3 aliphatic heterocycles. The van der Waals surface area contributed by atoms with E-state index < -0.39 is 10.0 Å². The van der Waals surface area contributed by atoms with Gasteiger partial charge in [-0.3, -0.25) is 9.69 Å². The molecule has 2 aromatic rings. The van der Waals surface area contributed by atoms with Crippen molar-refractivity contribution < 1.29 is 17.6 Å². The highest BCUT2D eigenvalue weighted by molar-refractivity contribution is 7.88. The van der Waals surface area contributed by atoms with E-state index in [1.165, 1.54) is 29.5 Å². The lowest BCUT2D eigenvalue weighted by Gasteiger charge is -2.40. The summed E-state index contributed by atoms with van der Waals surface area (Å²) in [5, 5.41) is 11.8. The molecule has 1 amide bonds. The molecule has 0 aliphatic carbocycles. The fraction of sp³-hybridized carbons (Fsp3) is 0.741. The van der Waals surface area contributed by atoms with Crippen molar-refractivity contribution in [3.63, 3.8) is 0 Å². The summed E-state index contributed by atoms with van der Waals surface area (Å²) >= 11 is 1.09. The summed E-state index contributed by atoms with van der Waals surface area (Å²) in [5.74, 6) is 2.09. The number of fused-ring (bicyclic) bond motifs is 2. The van der Waals surface area contributed by atoms with E-state index in [0.717, 1.165) is 47.2 Å². The molecule has 12 heteroatoms. The molecular formula is C27H41FN6O3S2. The van der Waals surface area contributed by atoms with Crippen LogP contribution in [-0.2, 0) is 14.8 Å². The molecule has 0 aromatic carbocycles. The first-order valence-corrected chi connectivity index (χ1v) is 16.9. The molecule has 9 nitrogen and oxygen atoms in total. The molecule has 0 radical (unpaired) electrons. The second kappa shape index (κ2) is 11.5. The summed E-state index contributed by atoms with van der Waals surface area (Å²) in [6.07, 6.45) is 7.41. The van der Waals surface area contributed by atoms with Crippen LogP contribution >= 0.6 is 11.3 Å². The topological polar surface area (TPSA) is 100 Å². The monoisotopic (exact) mass is 580 g/mol. The Morgan fingerprint density at radius 3 is 2.33 bits per heavy atom. The SMILES string of the molecule is Cc1nnc(C(C)C)n1[C@@H]1C[C@H]2CC[C@@H](C1)N2CC[C@H](NC(=O)C1CCN(S(C)(=O)=O)CC1)c1ccc(F)s1. The normalized spacial score (nSPS) is 25.8. The molecule has 216 valence electrons. The van der Waals surface area contributed by atoms with Crippen LogP contribution in [0.25, 0.3) is 0 Å². The predicted molar refractivity (Wildman–Crippen MR) is 150 cm³/mol. The number of thiophene rings is 1. The fourth-order valence-corrected chi connectivity index (χ4v) is 8.56. The van der Waals surface area contributed by atoms with E-state index in [4.69, 9.17) is 0 Å². The minimum atomic E-state index is -3.24. The molecule has 5 rings (SSSR count). The Morgan fingerprint density at radius 2 is 1.77 bits per heavy atom. The Bertz CT molecular complexity index is 1260. The van der Waals surface area contributed by atoms with Crippen LogP contribution in [0.15, 0.2) is 12.1 Å². The van der Waals surface area contributed by atoms with Crippen molar-refractivity contribution in [3.8, 4) is 0 Å². The Labute approximate surface area is 235 Å². The largest absolute Gasteiger partial charge is 0.348 e. The molecule has 3 aliphatic rings. The standard InChI is InChI=1S/C27H41FN6O3S2/c1-17(2)26-31-30-18(3)34(26)22-15-20-5-6-21(16-22)33(20)14-11-23(24-7-8-25(28)38-24)29-27(35)19-9-12-32(13-10-19)39(4,36)37/h7-8,17,19-23H,5-6,9-16H2,1-4H3,(H,29,35)/t20-,21+,22-,23-/m0/s1. The smallest absolute Gasteiger partial charge is 0.223 e. The van der Waals surface area contributed by atoms with Gasteiger partial charge < -0.3 is 9.88 Å². The number of halogens is 1. The van der Waals surface area contributed by atoms with Crippen LogP contribution in [0.3, 0.4) is 0 Å². The third-order valence-electron chi connectivity index (χ3n) is 8.86. The lowest BCUT2D eigenvalue weighted by Crippen LogP contribution is -2.46. The maximum absolute atomic E-state index is 14.0. The molecule has 39 heavy (non-hydrogen) atoms. The highest BCUT2D eigenvalue weighted by Gasteiger charge is 2.42. The Balaban J connectivity index is 1.23. The first-order valence-electron chi connectivity index (χ1n) is 14.2. The Hall–Kier alpha value is -1.89. The number of nitrogens with zero attached hydrogens (tertiary/aromatic N) is 5. The zero-order chi connectivity index (χ0) is 27.9. The summed E-state index contributed by atoms with van der Waals surface area (Å²) in [6.45, 7) is 7.94. The average molecular weight is 581 g/mol. The number of sulfonamides is 1. The third kappa shape index (κ3) is 6.23. The number of piperidine rings is 2. The highest BCUT2D eigenvalue weighted by Crippen LogP contribution is 2.42. The van der Waals surface area contributed by atoms with Gasteiger partial charge in [0.25, 0.3) is 0 Å². The van der Waals surface area contributed by atoms with Crippen LogP contribution in [0, 0.1) is 18.0 Å². The maximum atomic E-state index is 14.0. The van der Waals surface area contributed by atoms with Gasteiger partial charge in [-0.05, 0) is 64.0 Å². The van der Waals surface area contributed by atoms with Gasteiger partial charge in [0, 0.05) is 54.5 Å². The van der Waals surface area contributed by atoms with Crippen molar-refractivity contribution in [1.82, 2.24) is 29.3 Å². The molecule has 4 atom stereocenters. The summed E-state index contributed by atoms with van der Waals surface area (Å²) in [5.41, 5.74) is 0. The molecule has 5 heterocycles. The first-order chi connectivity index (χ1) is 18.5. The summed E-state index contributed by atoms with van der Waals surface area (Å²) in [6, 6.07) is 4.35. The number of aryl methyl sites for hydroxylation is 1. The van der Waals surface area contributed by atoms with Crippen LogP contribution in [0.4, 0.5) is 4.39 Å². The van der Waals surface area contributed by atoms with E-state index >= 15 is 0 Å². The Morgan fingerprint density at radius 1 is 1.10 bits per heavy atom. The molecule has 1 N–H and O–H groups in total. The zero-order valence-corrected chi connectivity index (χ0v) is 25.0. The summed E-state index contributed by atoms with van der Waals surface area (Å²) < 4.78 is 41.5. The van der Waals surface area contributed by atoms with Crippen molar-refractivity contribution in [2.45, 2.75) is 95.8 Å². The fourth-order valence-electron chi connectivity index (χ4n) is 6.87. The minimum absolute atomic E-state index is 0.0621. The van der Waals surface area contributed by atoms with Crippen molar-refractivity contribution in [2.24, 2.45) is 5.92 Å². The molecule has 0 saturated carbocycles. The number of aromatic nitrogens is 3. The van der Waals surface area contributed by atoms with Gasteiger partial charge in [-0.25, -0.2) is 12.7 Å². The van der Waals surface area contributed by atoms with Crippen LogP contribution in [0.5, 0.6) is 0 Å². The van der Waals surface area contributed by atoms with Crippen LogP contribution in [0.1, 0.15) is 93.3 Å². The van der Waals surface area contributed by atoms with E-state index in [1.54, 1.807) is 6.07 Å². The number of nitrogens with one attached hydrogen (secondary N) is 1. The van der Waals surface area contributed by atoms with Crippen LogP contribution in [-0.4, -0.2) is 76.3 Å². The van der Waals surface area contributed by atoms with E-state index in [1.807, 2.05) is 6.92 Å². The molecule has 0 spiro atoms. The number of amides is 1. The number of hydrogen-bond donors (Lipinski definition) is 1. The molecule has 3 fully saturated rings. The molecule has 3 saturated heterocycles. The van der Waals surface area contributed by atoms with Crippen molar-refractivity contribution >= 4 is 27.3 Å². The van der Waals surface area contributed by atoms with Gasteiger partial charge in [0.2, 0.25) is 15.9 Å². The van der Waals surface area contributed by atoms with Gasteiger partial charge >= 0.3 is 0 Å². The molecular weight excluding hydrogens is 539 g/mol. The van der Waals surface area contributed by atoms with Gasteiger partial charge in [0.1, 0.15) is 11.6 Å². The van der Waals surface area contributed by atoms with Crippen molar-refractivity contribution in [1.29, 1.82) is 0 Å². The third-order valence-corrected chi connectivity index (χ3v) is 11.1. The van der Waals surface area contributed by atoms with Gasteiger partial charge in [-0.2, -0.15) is 4.39 Å². The van der Waals surface area contributed by atoms with Gasteiger partial charge in [0.15, 0.2) is 5.13 Å². The average Bonchev–Trinajstić information content (AvgIpc) is 3.56. The number of hydrogen-bond acceptors (Lipinski definition) is 7. The molecule has 0 unspecified atom stereocenters. The quantitative estimate of drug-likeness (QED) is 0.481. The first kappa shape index (κ1) is 28.6. The maximum Gasteiger partial charge on any atom is 0.223 e. The van der Waals surface area contributed by atoms with E-state index in [0.29, 0.717) is 56.4 Å². The number of rotatable bonds is 9. The van der Waals surface area contributed by atoms with Crippen LogP contribution < -0.4 is 5.32 Å². The highest BCUT2D eigenvalue weighted by atomic mass is 32.2. The van der Waals surface area contributed by atoms with Crippen LogP contribution in [0.2, 0.25) is 0 Å². The Kier molecular flexibility index (Phi) is 8.47. The number of carbonyl (C=O) groups is 1. The summed E-state index contributed by atoms with van der Waals surface area (Å²) in [4.78, 5) is 16.7. The second-order valence-electron chi connectivity index (χ2n) is 11.8. The van der Waals surface area contributed by atoms with Gasteiger partial charge in [-0.15, -0.1) is 21.5 Å². The lowest BCUT2D eigenvalue weighted by atomic mass is 9.95. The van der Waals surface area contributed by atoms with Crippen molar-refractivity contribution in [3.05, 3.63) is 33.8 Å². The molecule has 2 bridgehead atoms. The minimum Gasteiger partial charge on any atom is -0.348 e. The zero-order valence-electron chi connectivity index (χ0n) is 23.3. The lowest BCUT2D eigenvalue weighted by molar-refractivity contribution is -0.127. The van der Waals surface area contributed by atoms with Crippen molar-refractivity contribution in [2.75, 3.05) is 25.9 Å². The van der Waals surface area contributed by atoms with E-state index in [9.17, 15) is 17.6 Å². The van der Waals surface area contributed by atoms with E-state index in [2.05, 4.69) is 38.8 Å². The number of carbonyl (C=O) groups excluding carboxylic acids is 1. The van der Waals surface area contributed by atoms with Gasteiger partial charge in [0.05, 0.1) is 12.3 Å². The van der Waals surface area contributed by atoms with E-state index in [-0.39, 0.29) is 23.0 Å². The van der Waals surface area contributed by atoms with Gasteiger partial charge in [-0.1, -0.05) is 13.8 Å². The summed E-state index contributed by atoms with van der Waals surface area (Å²) in [7, 11) is -3.24.